The van der Waals surface area contributed by atoms with Gasteiger partial charge in [-0.25, -0.2) is 4.98 Å². The van der Waals surface area contributed by atoms with Crippen LogP contribution in [0.3, 0.4) is 0 Å². The van der Waals surface area contributed by atoms with E-state index in [9.17, 15) is 14.7 Å². The zero-order valence-corrected chi connectivity index (χ0v) is 26.7. The SMILES string of the molecule is COc1ccc2c(c1)c1c(C)c(CCC(=O)O)c(C)nc1n2Cc1ccc(C(C(=O)NCc2ccccc2)C2CCOCC2)cc1. The van der Waals surface area contributed by atoms with Crippen molar-refractivity contribution in [1.82, 2.24) is 14.9 Å². The van der Waals surface area contributed by atoms with E-state index in [0.29, 0.717) is 32.7 Å². The van der Waals surface area contributed by atoms with Gasteiger partial charge in [0, 0.05) is 49.2 Å². The number of nitrogens with one attached hydrogen (secondary N) is 1. The smallest absolute Gasteiger partial charge is 0.303 e. The maximum Gasteiger partial charge on any atom is 0.303 e. The Kier molecular flexibility index (Phi) is 9.35. The third kappa shape index (κ3) is 6.49. The highest BCUT2D eigenvalue weighted by Crippen LogP contribution is 2.37. The van der Waals surface area contributed by atoms with Crippen molar-refractivity contribution in [1.29, 1.82) is 0 Å². The molecule has 8 heteroatoms. The Labute approximate surface area is 269 Å². The van der Waals surface area contributed by atoms with Gasteiger partial charge >= 0.3 is 5.97 Å². The fraction of sp³-hybridized carbons (Fsp3) is 0.342. The molecular weight excluding hydrogens is 578 g/mol. The Hall–Kier alpha value is -4.69. The average molecular weight is 620 g/mol. The number of carbonyl (C=O) groups excluding carboxylic acids is 1. The van der Waals surface area contributed by atoms with E-state index in [2.05, 4.69) is 47.1 Å². The molecule has 5 aromatic rings. The number of methoxy groups -OCH3 is 1. The van der Waals surface area contributed by atoms with Crippen LogP contribution in [-0.4, -0.2) is 46.9 Å². The minimum absolute atomic E-state index is 0.0497. The number of nitrogens with zero attached hydrogens (tertiary/aromatic N) is 2. The number of aromatic nitrogens is 2. The molecule has 3 heterocycles. The minimum atomic E-state index is -0.820. The monoisotopic (exact) mass is 619 g/mol. The molecule has 3 aromatic carbocycles. The number of carboxylic acid groups (broad SMARTS) is 1. The fourth-order valence-electron chi connectivity index (χ4n) is 6.94. The van der Waals surface area contributed by atoms with Crippen LogP contribution in [0.2, 0.25) is 0 Å². The first-order chi connectivity index (χ1) is 22.3. The molecule has 1 fully saturated rings. The number of rotatable bonds is 11. The summed E-state index contributed by atoms with van der Waals surface area (Å²) in [5.74, 6) is -0.0488. The highest BCUT2D eigenvalue weighted by atomic mass is 16.5. The minimum Gasteiger partial charge on any atom is -0.497 e. The van der Waals surface area contributed by atoms with Gasteiger partial charge in [-0.2, -0.15) is 0 Å². The van der Waals surface area contributed by atoms with Gasteiger partial charge in [0.2, 0.25) is 5.91 Å². The molecule has 8 nitrogen and oxygen atoms in total. The molecule has 0 spiro atoms. The maximum absolute atomic E-state index is 13.7. The molecule has 1 amide bonds. The van der Waals surface area contributed by atoms with Gasteiger partial charge in [0.25, 0.3) is 0 Å². The highest BCUT2D eigenvalue weighted by Gasteiger charge is 2.31. The number of carbonyl (C=O) groups is 2. The Morgan fingerprint density at radius 3 is 2.46 bits per heavy atom. The zero-order chi connectivity index (χ0) is 32.2. The normalized spacial score (nSPS) is 14.4. The van der Waals surface area contributed by atoms with E-state index in [1.54, 1.807) is 7.11 Å². The molecule has 1 aliphatic rings. The van der Waals surface area contributed by atoms with Crippen LogP contribution in [0.15, 0.2) is 72.8 Å². The van der Waals surface area contributed by atoms with Gasteiger partial charge in [0.1, 0.15) is 11.4 Å². The first-order valence-corrected chi connectivity index (χ1v) is 16.0. The predicted molar refractivity (Wildman–Crippen MR) is 179 cm³/mol. The maximum atomic E-state index is 13.7. The van der Waals surface area contributed by atoms with Crippen molar-refractivity contribution in [3.8, 4) is 5.75 Å². The van der Waals surface area contributed by atoms with Gasteiger partial charge < -0.3 is 24.5 Å². The summed E-state index contributed by atoms with van der Waals surface area (Å²) >= 11 is 0. The van der Waals surface area contributed by atoms with Gasteiger partial charge in [-0.3, -0.25) is 9.59 Å². The summed E-state index contributed by atoms with van der Waals surface area (Å²) < 4.78 is 13.4. The standard InChI is InChI=1S/C38H41N3O5/c1-24-31(14-16-34(42)43)25(2)40-37-35(24)32-21-30(45-3)13-15-33(32)41(37)23-27-9-11-28(12-10-27)36(29-17-19-46-20-18-29)38(44)39-22-26-7-5-4-6-8-26/h4-13,15,21,29,36H,14,16-20,22-23H2,1-3H3,(H,39,44)(H,42,43). The zero-order valence-electron chi connectivity index (χ0n) is 26.7. The topological polar surface area (TPSA) is 103 Å². The van der Waals surface area contributed by atoms with Crippen molar-refractivity contribution in [3.05, 3.63) is 106 Å². The number of benzene rings is 3. The van der Waals surface area contributed by atoms with Crippen LogP contribution in [0.25, 0.3) is 21.9 Å². The van der Waals surface area contributed by atoms with Gasteiger partial charge in [-0.05, 0) is 85.0 Å². The number of aryl methyl sites for hydroxylation is 2. The van der Waals surface area contributed by atoms with E-state index in [1.807, 2.05) is 49.4 Å². The van der Waals surface area contributed by atoms with Crippen LogP contribution in [0, 0.1) is 19.8 Å². The van der Waals surface area contributed by atoms with E-state index in [0.717, 1.165) is 74.0 Å². The van der Waals surface area contributed by atoms with Crippen LogP contribution in [0.4, 0.5) is 0 Å². The summed E-state index contributed by atoms with van der Waals surface area (Å²) in [4.78, 5) is 30.1. The summed E-state index contributed by atoms with van der Waals surface area (Å²) in [5, 5.41) is 14.6. The summed E-state index contributed by atoms with van der Waals surface area (Å²) in [6, 6.07) is 24.5. The van der Waals surface area contributed by atoms with Crippen molar-refractivity contribution in [3.63, 3.8) is 0 Å². The summed E-state index contributed by atoms with van der Waals surface area (Å²) in [7, 11) is 1.66. The number of pyridine rings is 1. The molecule has 1 unspecified atom stereocenters. The van der Waals surface area contributed by atoms with Crippen LogP contribution in [-0.2, 0) is 33.8 Å². The Morgan fingerprint density at radius 1 is 1.02 bits per heavy atom. The summed E-state index contributed by atoms with van der Waals surface area (Å²) in [6.45, 7) is 6.46. The van der Waals surface area contributed by atoms with E-state index < -0.39 is 5.97 Å². The van der Waals surface area contributed by atoms with Gasteiger partial charge in [0.15, 0.2) is 0 Å². The molecule has 0 radical (unpaired) electrons. The number of fused-ring (bicyclic) bond motifs is 3. The van der Waals surface area contributed by atoms with Crippen LogP contribution in [0.5, 0.6) is 5.75 Å². The molecule has 2 aromatic heterocycles. The van der Waals surface area contributed by atoms with Crippen molar-refractivity contribution in [2.24, 2.45) is 5.92 Å². The molecule has 1 aliphatic heterocycles. The summed E-state index contributed by atoms with van der Waals surface area (Å²) in [6.07, 6.45) is 2.20. The Bertz CT molecular complexity index is 1860. The van der Waals surface area contributed by atoms with Crippen molar-refractivity contribution >= 4 is 33.8 Å². The number of aliphatic carboxylic acids is 1. The van der Waals surface area contributed by atoms with Crippen molar-refractivity contribution < 1.29 is 24.2 Å². The number of amides is 1. The lowest BCUT2D eigenvalue weighted by Crippen LogP contribution is -2.35. The van der Waals surface area contributed by atoms with Gasteiger partial charge in [0.05, 0.1) is 18.5 Å². The molecule has 2 N–H and O–H groups in total. The second-order valence-electron chi connectivity index (χ2n) is 12.2. The van der Waals surface area contributed by atoms with Gasteiger partial charge in [-0.1, -0.05) is 54.6 Å². The highest BCUT2D eigenvalue weighted by molar-refractivity contribution is 6.09. The van der Waals surface area contributed by atoms with Crippen molar-refractivity contribution in [2.45, 2.75) is 58.5 Å². The molecule has 238 valence electrons. The lowest BCUT2D eigenvalue weighted by molar-refractivity contribution is -0.137. The molecule has 46 heavy (non-hydrogen) atoms. The lowest BCUT2D eigenvalue weighted by Gasteiger charge is -2.30. The van der Waals surface area contributed by atoms with Crippen LogP contribution < -0.4 is 10.1 Å². The van der Waals surface area contributed by atoms with E-state index in [-0.39, 0.29) is 24.2 Å². The van der Waals surface area contributed by atoms with Gasteiger partial charge in [-0.15, -0.1) is 0 Å². The largest absolute Gasteiger partial charge is 0.497 e. The molecule has 0 saturated carbocycles. The van der Waals surface area contributed by atoms with Crippen LogP contribution in [0.1, 0.15) is 58.7 Å². The number of carboxylic acids is 1. The number of hydrogen-bond acceptors (Lipinski definition) is 5. The third-order valence-corrected chi connectivity index (χ3v) is 9.38. The molecule has 0 bridgehead atoms. The molecule has 6 rings (SSSR count). The Morgan fingerprint density at radius 2 is 1.76 bits per heavy atom. The fourth-order valence-corrected chi connectivity index (χ4v) is 6.94. The Balaban J connectivity index is 1.33. The first kappa shape index (κ1) is 31.3. The first-order valence-electron chi connectivity index (χ1n) is 16.0. The van der Waals surface area contributed by atoms with E-state index in [4.69, 9.17) is 14.5 Å². The molecule has 0 aliphatic carbocycles. The number of ether oxygens (including phenoxy) is 2. The second kappa shape index (κ2) is 13.7. The van der Waals surface area contributed by atoms with E-state index >= 15 is 0 Å². The summed E-state index contributed by atoms with van der Waals surface area (Å²) in [5.41, 5.74) is 7.96. The molecule has 1 saturated heterocycles. The molecule has 1 atom stereocenters. The number of hydrogen-bond donors (Lipinski definition) is 2. The third-order valence-electron chi connectivity index (χ3n) is 9.38. The predicted octanol–water partition coefficient (Wildman–Crippen LogP) is 6.71. The average Bonchev–Trinajstić information content (AvgIpc) is 3.37. The van der Waals surface area contributed by atoms with E-state index in [1.165, 1.54) is 0 Å². The van der Waals surface area contributed by atoms with Crippen LogP contribution >= 0.6 is 0 Å². The second-order valence-corrected chi connectivity index (χ2v) is 12.2. The van der Waals surface area contributed by atoms with Crippen molar-refractivity contribution in [2.75, 3.05) is 20.3 Å². The molecular formula is C38H41N3O5. The quantitative estimate of drug-likeness (QED) is 0.170. The lowest BCUT2D eigenvalue weighted by atomic mass is 9.80.